The van der Waals surface area contributed by atoms with Gasteiger partial charge in [-0.05, 0) is 7.05 Å². The van der Waals surface area contributed by atoms with Gasteiger partial charge in [-0.1, -0.05) is 18.2 Å². The summed E-state index contributed by atoms with van der Waals surface area (Å²) in [6, 6.07) is 5.49. The maximum atomic E-state index is 14.0. The lowest BCUT2D eigenvalue weighted by atomic mass is 10.1. The molecule has 0 spiro atoms. The zero-order chi connectivity index (χ0) is 12.3. The molecule has 94 valence electrons. The minimum atomic E-state index is -0.131. The number of hydrogen-bond donors (Lipinski definition) is 1. The molecule has 2 N–H and O–H groups in total. The summed E-state index contributed by atoms with van der Waals surface area (Å²) in [6.45, 7) is 5.07. The molecule has 1 aromatic carbocycles. The molecule has 0 saturated carbocycles. The molecule has 2 rings (SSSR count). The third-order valence-corrected chi connectivity index (χ3v) is 3.37. The molecule has 1 heterocycles. The normalized spacial score (nSPS) is 18.5. The molecule has 0 unspecified atom stereocenters. The Bertz CT molecular complexity index is 373. The fourth-order valence-corrected chi connectivity index (χ4v) is 2.16. The first-order chi connectivity index (χ1) is 8.20. The fraction of sp³-hybridized carbons (Fsp3) is 0.538. The Labute approximate surface area is 102 Å². The number of piperazine rings is 1. The molecule has 1 fully saturated rings. The van der Waals surface area contributed by atoms with E-state index in [0.29, 0.717) is 12.1 Å². The van der Waals surface area contributed by atoms with E-state index in [9.17, 15) is 4.39 Å². The first-order valence-electron chi connectivity index (χ1n) is 6.08. The van der Waals surface area contributed by atoms with Crippen LogP contribution in [0.25, 0.3) is 0 Å². The van der Waals surface area contributed by atoms with Crippen molar-refractivity contribution >= 4 is 0 Å². The van der Waals surface area contributed by atoms with Gasteiger partial charge in [0, 0.05) is 50.4 Å². The van der Waals surface area contributed by atoms with Crippen LogP contribution in [0.5, 0.6) is 0 Å². The maximum Gasteiger partial charge on any atom is 0.132 e. The Kier molecular flexibility index (Phi) is 4.10. The molecule has 0 aliphatic carbocycles. The Morgan fingerprint density at radius 1 is 1.18 bits per heavy atom. The maximum absolute atomic E-state index is 14.0. The van der Waals surface area contributed by atoms with Crippen molar-refractivity contribution in [1.29, 1.82) is 0 Å². The van der Waals surface area contributed by atoms with Gasteiger partial charge in [0.15, 0.2) is 0 Å². The Morgan fingerprint density at radius 3 is 2.47 bits per heavy atom. The van der Waals surface area contributed by atoms with E-state index >= 15 is 0 Å². The molecule has 1 aliphatic heterocycles. The minimum Gasteiger partial charge on any atom is -0.326 e. The molecule has 17 heavy (non-hydrogen) atoms. The van der Waals surface area contributed by atoms with Crippen LogP contribution in [0.4, 0.5) is 4.39 Å². The van der Waals surface area contributed by atoms with Crippen molar-refractivity contribution in [2.75, 3.05) is 33.2 Å². The van der Waals surface area contributed by atoms with Crippen molar-refractivity contribution in [2.24, 2.45) is 5.73 Å². The number of halogens is 1. The summed E-state index contributed by atoms with van der Waals surface area (Å²) in [4.78, 5) is 4.59. The van der Waals surface area contributed by atoms with Crippen LogP contribution in [0, 0.1) is 5.82 Å². The van der Waals surface area contributed by atoms with E-state index in [1.807, 2.05) is 12.1 Å². The van der Waals surface area contributed by atoms with E-state index in [0.717, 1.165) is 31.7 Å². The van der Waals surface area contributed by atoms with Gasteiger partial charge in [-0.15, -0.1) is 0 Å². The number of nitrogens with zero attached hydrogens (tertiary/aromatic N) is 2. The topological polar surface area (TPSA) is 32.5 Å². The highest BCUT2D eigenvalue weighted by Gasteiger charge is 2.16. The summed E-state index contributed by atoms with van der Waals surface area (Å²) in [5.74, 6) is -0.131. The van der Waals surface area contributed by atoms with Crippen LogP contribution in [0.2, 0.25) is 0 Å². The van der Waals surface area contributed by atoms with Crippen molar-refractivity contribution in [3.8, 4) is 0 Å². The van der Waals surface area contributed by atoms with Gasteiger partial charge in [-0.3, -0.25) is 4.90 Å². The third-order valence-electron chi connectivity index (χ3n) is 3.37. The molecule has 0 amide bonds. The monoisotopic (exact) mass is 237 g/mol. The predicted molar refractivity (Wildman–Crippen MR) is 67.1 cm³/mol. The Hall–Kier alpha value is -0.970. The second-order valence-electron chi connectivity index (χ2n) is 4.67. The van der Waals surface area contributed by atoms with Gasteiger partial charge < -0.3 is 10.6 Å². The van der Waals surface area contributed by atoms with Gasteiger partial charge in [0.2, 0.25) is 0 Å². The Morgan fingerprint density at radius 2 is 1.82 bits per heavy atom. The number of likely N-dealkylation sites (N-methyl/N-ethyl adjacent to an activating group) is 1. The lowest BCUT2D eigenvalue weighted by Crippen LogP contribution is -2.44. The highest BCUT2D eigenvalue weighted by molar-refractivity contribution is 5.25. The number of hydrogen-bond acceptors (Lipinski definition) is 3. The number of rotatable bonds is 3. The molecule has 1 aromatic rings. The van der Waals surface area contributed by atoms with Crippen molar-refractivity contribution in [3.63, 3.8) is 0 Å². The largest absolute Gasteiger partial charge is 0.326 e. The van der Waals surface area contributed by atoms with Crippen LogP contribution < -0.4 is 5.73 Å². The van der Waals surface area contributed by atoms with Crippen molar-refractivity contribution in [1.82, 2.24) is 9.80 Å². The van der Waals surface area contributed by atoms with E-state index in [1.165, 1.54) is 0 Å². The molecular formula is C13H20FN3. The quantitative estimate of drug-likeness (QED) is 0.852. The van der Waals surface area contributed by atoms with Crippen molar-refractivity contribution in [2.45, 2.75) is 13.1 Å². The van der Waals surface area contributed by atoms with Gasteiger partial charge >= 0.3 is 0 Å². The van der Waals surface area contributed by atoms with Crippen LogP contribution in [-0.4, -0.2) is 43.0 Å². The van der Waals surface area contributed by atoms with E-state index in [-0.39, 0.29) is 12.4 Å². The second kappa shape index (κ2) is 5.58. The molecule has 1 aliphatic rings. The first kappa shape index (κ1) is 12.5. The second-order valence-corrected chi connectivity index (χ2v) is 4.67. The first-order valence-corrected chi connectivity index (χ1v) is 6.08. The van der Waals surface area contributed by atoms with Crippen LogP contribution >= 0.6 is 0 Å². The van der Waals surface area contributed by atoms with Crippen LogP contribution in [-0.2, 0) is 13.1 Å². The highest BCUT2D eigenvalue weighted by atomic mass is 19.1. The standard InChI is InChI=1S/C13H20FN3/c1-16-5-7-17(8-6-16)10-12-4-2-3-11(9-15)13(12)14/h2-4H,5-10,15H2,1H3. The van der Waals surface area contributed by atoms with Gasteiger partial charge in [0.1, 0.15) is 5.82 Å². The van der Waals surface area contributed by atoms with E-state index in [1.54, 1.807) is 6.07 Å². The summed E-state index contributed by atoms with van der Waals surface area (Å²) in [5, 5.41) is 0. The molecule has 0 bridgehead atoms. The van der Waals surface area contributed by atoms with Gasteiger partial charge in [-0.25, -0.2) is 4.39 Å². The van der Waals surface area contributed by atoms with Crippen LogP contribution in [0.1, 0.15) is 11.1 Å². The van der Waals surface area contributed by atoms with Gasteiger partial charge in [0.05, 0.1) is 0 Å². The lowest BCUT2D eigenvalue weighted by molar-refractivity contribution is 0.147. The average molecular weight is 237 g/mol. The SMILES string of the molecule is CN1CCN(Cc2cccc(CN)c2F)CC1. The van der Waals surface area contributed by atoms with Gasteiger partial charge in [0.25, 0.3) is 0 Å². The smallest absolute Gasteiger partial charge is 0.132 e. The van der Waals surface area contributed by atoms with Crippen molar-refractivity contribution in [3.05, 3.63) is 35.1 Å². The zero-order valence-electron chi connectivity index (χ0n) is 10.3. The predicted octanol–water partition coefficient (Wildman–Crippen LogP) is 1.03. The van der Waals surface area contributed by atoms with E-state index in [2.05, 4.69) is 16.8 Å². The van der Waals surface area contributed by atoms with Crippen molar-refractivity contribution < 1.29 is 4.39 Å². The number of nitrogens with two attached hydrogens (primary N) is 1. The third kappa shape index (κ3) is 3.03. The summed E-state index contributed by atoms with van der Waals surface area (Å²) >= 11 is 0. The highest BCUT2D eigenvalue weighted by Crippen LogP contribution is 2.15. The summed E-state index contributed by atoms with van der Waals surface area (Å²) in [7, 11) is 2.12. The van der Waals surface area contributed by atoms with Crippen LogP contribution in [0.15, 0.2) is 18.2 Å². The van der Waals surface area contributed by atoms with Gasteiger partial charge in [-0.2, -0.15) is 0 Å². The molecule has 1 saturated heterocycles. The molecule has 3 nitrogen and oxygen atoms in total. The molecule has 4 heteroatoms. The molecular weight excluding hydrogens is 217 g/mol. The molecule has 0 radical (unpaired) electrons. The van der Waals surface area contributed by atoms with E-state index < -0.39 is 0 Å². The Balaban J connectivity index is 2.03. The fourth-order valence-electron chi connectivity index (χ4n) is 2.16. The van der Waals surface area contributed by atoms with E-state index in [4.69, 9.17) is 5.73 Å². The lowest BCUT2D eigenvalue weighted by Gasteiger charge is -2.32. The minimum absolute atomic E-state index is 0.131. The summed E-state index contributed by atoms with van der Waals surface area (Å²) < 4.78 is 14.0. The summed E-state index contributed by atoms with van der Waals surface area (Å²) in [6.07, 6.45) is 0. The number of benzene rings is 1. The molecule has 0 aromatic heterocycles. The summed E-state index contributed by atoms with van der Waals surface area (Å²) in [5.41, 5.74) is 6.88. The van der Waals surface area contributed by atoms with Crippen LogP contribution in [0.3, 0.4) is 0 Å². The average Bonchev–Trinajstić information content (AvgIpc) is 2.35. The molecule has 0 atom stereocenters. The zero-order valence-corrected chi connectivity index (χ0v) is 10.3.